The second-order valence-corrected chi connectivity index (χ2v) is 7.67. The quantitative estimate of drug-likeness (QED) is 0.272. The van der Waals surface area contributed by atoms with Crippen LogP contribution in [0, 0.1) is 24.1 Å². The molecule has 4 N–H and O–H groups in total. The monoisotopic (exact) mass is 501 g/mol. The Labute approximate surface area is 197 Å². The van der Waals surface area contributed by atoms with Gasteiger partial charge in [0.15, 0.2) is 0 Å². The Morgan fingerprint density at radius 1 is 1.29 bits per heavy atom. The molecule has 0 aliphatic carbocycles. The van der Waals surface area contributed by atoms with Gasteiger partial charge >= 0.3 is 12.1 Å². The van der Waals surface area contributed by atoms with Crippen LogP contribution in [-0.4, -0.2) is 66.0 Å². The van der Waals surface area contributed by atoms with Gasteiger partial charge in [-0.3, -0.25) is 19.2 Å². The number of carbonyl (C=O) groups is 4. The second-order valence-electron chi connectivity index (χ2n) is 7.67. The second kappa shape index (κ2) is 11.0. The normalized spacial score (nSPS) is 16.8. The Morgan fingerprint density at radius 3 is 2.46 bits per heavy atom. The molecule has 1 aliphatic heterocycles. The Kier molecular flexibility index (Phi) is 8.62. The molecule has 0 aromatic heterocycles. The molecule has 1 heterocycles. The van der Waals surface area contributed by atoms with E-state index < -0.39 is 65.8 Å². The number of alkyl halides is 3. The first-order valence-electron chi connectivity index (χ1n) is 10.4. The summed E-state index contributed by atoms with van der Waals surface area (Å²) >= 11 is 0. The van der Waals surface area contributed by atoms with Gasteiger partial charge in [0.05, 0.1) is 24.8 Å². The van der Waals surface area contributed by atoms with Gasteiger partial charge < -0.3 is 26.0 Å². The van der Waals surface area contributed by atoms with Gasteiger partial charge in [-0.1, -0.05) is 0 Å². The van der Waals surface area contributed by atoms with Crippen LogP contribution < -0.4 is 16.4 Å². The summed E-state index contributed by atoms with van der Waals surface area (Å²) in [6.07, 6.45) is -5.73. The number of hydrogen-bond donors (Lipinski definition) is 3. The fraction of sp³-hybridized carbons (Fsp3) is 0.476. The standard InChI is InChI=1S/C21H23F4N5O5/c1-3-35-16(31)7-11(9-26)28-19(33)15-4-5-30(15)20(34)17(21(23,24)25)29-18(32)12-8-13(22)14(27)6-10(12)2/h6,8,11,15,17H,3-5,7,27H2,1-2H3,(H,28,33)(H,29,32). The summed E-state index contributed by atoms with van der Waals surface area (Å²) in [6, 6.07) is -2.31. The zero-order valence-electron chi connectivity index (χ0n) is 18.7. The van der Waals surface area contributed by atoms with E-state index in [2.05, 4.69) is 10.1 Å². The number of amides is 3. The summed E-state index contributed by atoms with van der Waals surface area (Å²) in [4.78, 5) is 49.6. The number of esters is 1. The Morgan fingerprint density at radius 2 is 1.94 bits per heavy atom. The molecule has 3 unspecified atom stereocenters. The highest BCUT2D eigenvalue weighted by Crippen LogP contribution is 2.27. The fourth-order valence-corrected chi connectivity index (χ4v) is 3.31. The van der Waals surface area contributed by atoms with E-state index in [1.54, 1.807) is 11.4 Å². The molecule has 35 heavy (non-hydrogen) atoms. The number of carbonyl (C=O) groups excluding carboxylic acids is 4. The van der Waals surface area contributed by atoms with Crippen molar-refractivity contribution in [3.8, 4) is 6.07 Å². The number of nitrogens with two attached hydrogens (primary N) is 1. The first-order valence-corrected chi connectivity index (χ1v) is 10.4. The zero-order chi connectivity index (χ0) is 26.5. The van der Waals surface area contributed by atoms with Crippen molar-refractivity contribution in [3.05, 3.63) is 29.1 Å². The summed E-state index contributed by atoms with van der Waals surface area (Å²) in [5.74, 6) is -5.70. The van der Waals surface area contributed by atoms with Gasteiger partial charge in [0, 0.05) is 12.1 Å². The highest BCUT2D eigenvalue weighted by Gasteiger charge is 2.51. The first kappa shape index (κ1) is 27.4. The Balaban J connectivity index is 2.15. The first-order chi connectivity index (χ1) is 16.3. The molecule has 3 atom stereocenters. The Hall–Kier alpha value is -3.89. The number of nitrogen functional groups attached to an aromatic ring is 1. The number of hydrogen-bond acceptors (Lipinski definition) is 7. The maximum Gasteiger partial charge on any atom is 0.417 e. The molecule has 0 spiro atoms. The van der Waals surface area contributed by atoms with E-state index in [0.29, 0.717) is 11.0 Å². The summed E-state index contributed by atoms with van der Waals surface area (Å²) in [7, 11) is 0. The van der Waals surface area contributed by atoms with Crippen LogP contribution in [0.15, 0.2) is 12.1 Å². The fourth-order valence-electron chi connectivity index (χ4n) is 3.31. The van der Waals surface area contributed by atoms with Crippen molar-refractivity contribution in [2.45, 2.75) is 51.0 Å². The summed E-state index contributed by atoms with van der Waals surface area (Å²) in [5, 5.41) is 12.9. The van der Waals surface area contributed by atoms with Crippen molar-refractivity contribution < 1.29 is 41.5 Å². The number of nitrogens with zero attached hydrogens (tertiary/aromatic N) is 2. The lowest BCUT2D eigenvalue weighted by Crippen LogP contribution is -2.65. The van der Waals surface area contributed by atoms with Gasteiger partial charge in [-0.05, 0) is 38.0 Å². The van der Waals surface area contributed by atoms with E-state index in [-0.39, 0.29) is 30.8 Å². The SMILES string of the molecule is CCOC(=O)CC(C#N)NC(=O)C1CCN1C(=O)C(NC(=O)c1cc(F)c(N)cc1C)C(F)(F)F. The van der Waals surface area contributed by atoms with Gasteiger partial charge in [-0.15, -0.1) is 0 Å². The maximum atomic E-state index is 13.7. The van der Waals surface area contributed by atoms with Crippen molar-refractivity contribution in [3.63, 3.8) is 0 Å². The largest absolute Gasteiger partial charge is 0.466 e. The minimum atomic E-state index is -5.23. The molecule has 14 heteroatoms. The maximum absolute atomic E-state index is 13.7. The third-order valence-corrected chi connectivity index (χ3v) is 5.19. The van der Waals surface area contributed by atoms with Crippen LogP contribution in [0.5, 0.6) is 0 Å². The molecule has 1 aliphatic rings. The van der Waals surface area contributed by atoms with Crippen LogP contribution in [0.3, 0.4) is 0 Å². The lowest BCUT2D eigenvalue weighted by atomic mass is 9.99. The molecule has 3 amide bonds. The molecule has 190 valence electrons. The van der Waals surface area contributed by atoms with Gasteiger partial charge in [-0.2, -0.15) is 18.4 Å². The van der Waals surface area contributed by atoms with Crippen LogP contribution in [0.25, 0.3) is 0 Å². The summed E-state index contributed by atoms with van der Waals surface area (Å²) in [5.41, 5.74) is 4.69. The zero-order valence-corrected chi connectivity index (χ0v) is 18.7. The molecular formula is C21H23F4N5O5. The highest BCUT2D eigenvalue weighted by molar-refractivity contribution is 6.00. The van der Waals surface area contributed by atoms with E-state index >= 15 is 0 Å². The van der Waals surface area contributed by atoms with E-state index in [1.165, 1.54) is 13.8 Å². The molecule has 0 bridgehead atoms. The smallest absolute Gasteiger partial charge is 0.417 e. The number of anilines is 1. The molecule has 0 saturated carbocycles. The van der Waals surface area contributed by atoms with Crippen molar-refractivity contribution in [1.29, 1.82) is 5.26 Å². The van der Waals surface area contributed by atoms with Crippen molar-refractivity contribution in [1.82, 2.24) is 15.5 Å². The van der Waals surface area contributed by atoms with Crippen LogP contribution in [0.2, 0.25) is 0 Å². The lowest BCUT2D eigenvalue weighted by molar-refractivity contribution is -0.180. The van der Waals surface area contributed by atoms with Crippen LogP contribution in [-0.2, 0) is 19.1 Å². The number of halogens is 4. The highest BCUT2D eigenvalue weighted by atomic mass is 19.4. The van der Waals surface area contributed by atoms with Crippen LogP contribution >= 0.6 is 0 Å². The third-order valence-electron chi connectivity index (χ3n) is 5.19. The van der Waals surface area contributed by atoms with E-state index in [9.17, 15) is 36.7 Å². The average Bonchev–Trinajstić information content (AvgIpc) is 2.72. The number of aryl methyl sites for hydroxylation is 1. The third kappa shape index (κ3) is 6.58. The molecule has 1 saturated heterocycles. The average molecular weight is 501 g/mol. The summed E-state index contributed by atoms with van der Waals surface area (Å²) < 4.78 is 59.4. The van der Waals surface area contributed by atoms with Crippen molar-refractivity contribution >= 4 is 29.4 Å². The molecule has 2 rings (SSSR count). The van der Waals surface area contributed by atoms with Crippen molar-refractivity contribution in [2.75, 3.05) is 18.9 Å². The number of benzene rings is 1. The van der Waals surface area contributed by atoms with E-state index in [0.717, 1.165) is 6.07 Å². The molecule has 1 fully saturated rings. The Bertz CT molecular complexity index is 1060. The predicted molar refractivity (Wildman–Crippen MR) is 112 cm³/mol. The number of nitriles is 1. The van der Waals surface area contributed by atoms with Crippen LogP contribution in [0.1, 0.15) is 35.7 Å². The topological polar surface area (TPSA) is 155 Å². The number of nitrogens with one attached hydrogen (secondary N) is 2. The van der Waals surface area contributed by atoms with E-state index in [1.807, 2.05) is 0 Å². The molecule has 1 aromatic carbocycles. The molecule has 1 aromatic rings. The van der Waals surface area contributed by atoms with Crippen molar-refractivity contribution in [2.24, 2.45) is 0 Å². The van der Waals surface area contributed by atoms with Gasteiger partial charge in [0.25, 0.3) is 11.8 Å². The number of likely N-dealkylation sites (tertiary alicyclic amines) is 1. The number of rotatable bonds is 8. The lowest BCUT2D eigenvalue weighted by Gasteiger charge is -2.42. The van der Waals surface area contributed by atoms with Gasteiger partial charge in [-0.25, -0.2) is 4.39 Å². The van der Waals surface area contributed by atoms with Gasteiger partial charge in [0.1, 0.15) is 17.9 Å². The molecule has 10 nitrogen and oxygen atoms in total. The van der Waals surface area contributed by atoms with Crippen LogP contribution in [0.4, 0.5) is 23.2 Å². The minimum absolute atomic E-state index is 0.00403. The van der Waals surface area contributed by atoms with E-state index in [4.69, 9.17) is 11.0 Å². The predicted octanol–water partition coefficient (Wildman–Crippen LogP) is 0.940. The minimum Gasteiger partial charge on any atom is -0.466 e. The summed E-state index contributed by atoms with van der Waals surface area (Å²) in [6.45, 7) is 2.69. The molecule has 0 radical (unpaired) electrons. The number of ether oxygens (including phenoxy) is 1. The molecular weight excluding hydrogens is 478 g/mol. The van der Waals surface area contributed by atoms with Gasteiger partial charge in [0.2, 0.25) is 11.9 Å².